The molecule has 0 atom stereocenters. The maximum atomic E-state index is 3.61. The largest absolute Gasteiger partial charge is 0.385 e. The molecule has 0 spiro atoms. The van der Waals surface area contributed by atoms with Crippen LogP contribution < -0.4 is 5.32 Å². The van der Waals surface area contributed by atoms with Gasteiger partial charge in [0.2, 0.25) is 0 Å². The van der Waals surface area contributed by atoms with Gasteiger partial charge in [-0.1, -0.05) is 81.6 Å². The summed E-state index contributed by atoms with van der Waals surface area (Å²) in [5, 5.41) is 3.61. The summed E-state index contributed by atoms with van der Waals surface area (Å²) >= 11 is 3.56. The molecular weight excluding hydrogens is 322 g/mol. The monoisotopic (exact) mass is 353 g/mol. The number of benzene rings is 1. The zero-order chi connectivity index (χ0) is 15.5. The van der Waals surface area contributed by atoms with Crippen molar-refractivity contribution in [2.45, 2.75) is 78.1 Å². The first kappa shape index (κ1) is 18.5. The van der Waals surface area contributed by atoms with Crippen molar-refractivity contribution < 1.29 is 0 Å². The van der Waals surface area contributed by atoms with E-state index in [9.17, 15) is 0 Å². The Morgan fingerprint density at radius 3 is 2.19 bits per heavy atom. The van der Waals surface area contributed by atoms with Gasteiger partial charge >= 0.3 is 0 Å². The van der Waals surface area contributed by atoms with Crippen LogP contribution >= 0.6 is 15.9 Å². The van der Waals surface area contributed by atoms with Crippen LogP contribution in [0.25, 0.3) is 0 Å². The lowest BCUT2D eigenvalue weighted by molar-refractivity contribution is 0.581. The lowest BCUT2D eigenvalue weighted by Gasteiger charge is -2.15. The second kappa shape index (κ2) is 11.1. The highest BCUT2D eigenvalue weighted by Crippen LogP contribution is 2.27. The van der Waals surface area contributed by atoms with Gasteiger partial charge in [-0.05, 0) is 36.1 Å². The molecule has 0 amide bonds. The van der Waals surface area contributed by atoms with Gasteiger partial charge in [-0.3, -0.25) is 0 Å². The Hall–Kier alpha value is -0.500. The SMILES string of the molecule is CCCCCCCCCCNc1ccc(Br)cc1C(C)C. The molecule has 0 aliphatic carbocycles. The second-order valence-corrected chi connectivity index (χ2v) is 7.20. The summed E-state index contributed by atoms with van der Waals surface area (Å²) in [7, 11) is 0. The van der Waals surface area contributed by atoms with E-state index in [4.69, 9.17) is 0 Å². The predicted octanol–water partition coefficient (Wildman–Crippen LogP) is 7.13. The standard InChI is InChI=1S/C19H32BrN/c1-4-5-6-7-8-9-10-11-14-21-19-13-12-17(20)15-18(19)16(2)3/h12-13,15-16,21H,4-11,14H2,1-3H3. The molecule has 1 aromatic carbocycles. The summed E-state index contributed by atoms with van der Waals surface area (Å²) < 4.78 is 1.17. The van der Waals surface area contributed by atoms with Gasteiger partial charge < -0.3 is 5.32 Å². The average molecular weight is 354 g/mol. The molecule has 0 aromatic heterocycles. The molecule has 0 bridgehead atoms. The minimum atomic E-state index is 0.559. The Balaban J connectivity index is 2.18. The van der Waals surface area contributed by atoms with Crippen molar-refractivity contribution in [1.82, 2.24) is 0 Å². The van der Waals surface area contributed by atoms with E-state index in [-0.39, 0.29) is 0 Å². The van der Waals surface area contributed by atoms with Gasteiger partial charge in [-0.15, -0.1) is 0 Å². The Kier molecular flexibility index (Phi) is 9.82. The second-order valence-electron chi connectivity index (χ2n) is 6.29. The molecule has 0 radical (unpaired) electrons. The molecule has 1 nitrogen and oxygen atoms in total. The lowest BCUT2D eigenvalue weighted by Crippen LogP contribution is -2.05. The van der Waals surface area contributed by atoms with Crippen LogP contribution in [0.5, 0.6) is 0 Å². The van der Waals surface area contributed by atoms with Gasteiger partial charge in [0, 0.05) is 16.7 Å². The lowest BCUT2D eigenvalue weighted by atomic mass is 10.0. The van der Waals surface area contributed by atoms with Crippen molar-refractivity contribution in [3.63, 3.8) is 0 Å². The minimum Gasteiger partial charge on any atom is -0.385 e. The van der Waals surface area contributed by atoms with E-state index in [1.165, 1.54) is 67.1 Å². The van der Waals surface area contributed by atoms with E-state index in [1.54, 1.807) is 0 Å². The molecule has 21 heavy (non-hydrogen) atoms. The first-order valence-corrected chi connectivity index (χ1v) is 9.47. The third-order valence-electron chi connectivity index (χ3n) is 3.98. The Morgan fingerprint density at radius 2 is 1.57 bits per heavy atom. The smallest absolute Gasteiger partial charge is 0.0376 e. The highest BCUT2D eigenvalue weighted by Gasteiger charge is 2.06. The number of rotatable bonds is 11. The third-order valence-corrected chi connectivity index (χ3v) is 4.47. The van der Waals surface area contributed by atoms with Crippen molar-refractivity contribution in [2.24, 2.45) is 0 Å². The zero-order valence-electron chi connectivity index (χ0n) is 14.1. The number of halogens is 1. The van der Waals surface area contributed by atoms with Gasteiger partial charge in [-0.2, -0.15) is 0 Å². The highest BCUT2D eigenvalue weighted by molar-refractivity contribution is 9.10. The molecule has 0 aliphatic heterocycles. The number of unbranched alkanes of at least 4 members (excludes halogenated alkanes) is 7. The molecule has 0 unspecified atom stereocenters. The first-order valence-electron chi connectivity index (χ1n) is 8.68. The highest BCUT2D eigenvalue weighted by atomic mass is 79.9. The summed E-state index contributed by atoms with van der Waals surface area (Å²) in [5.41, 5.74) is 2.71. The fourth-order valence-corrected chi connectivity index (χ4v) is 3.03. The molecular formula is C19H32BrN. The molecule has 2 heteroatoms. The van der Waals surface area contributed by atoms with Crippen LogP contribution in [-0.4, -0.2) is 6.54 Å². The van der Waals surface area contributed by atoms with Gasteiger partial charge in [0.05, 0.1) is 0 Å². The van der Waals surface area contributed by atoms with Crippen LogP contribution in [0, 0.1) is 0 Å². The van der Waals surface area contributed by atoms with E-state index < -0.39 is 0 Å². The molecule has 1 aromatic rings. The zero-order valence-corrected chi connectivity index (χ0v) is 15.6. The van der Waals surface area contributed by atoms with Crippen molar-refractivity contribution in [3.05, 3.63) is 28.2 Å². The van der Waals surface area contributed by atoms with Gasteiger partial charge in [0.25, 0.3) is 0 Å². The van der Waals surface area contributed by atoms with Gasteiger partial charge in [-0.25, -0.2) is 0 Å². The molecule has 0 saturated heterocycles. The normalized spacial score (nSPS) is 11.1. The summed E-state index contributed by atoms with van der Waals surface area (Å²) in [5.74, 6) is 0.559. The van der Waals surface area contributed by atoms with E-state index >= 15 is 0 Å². The van der Waals surface area contributed by atoms with E-state index in [0.717, 1.165) is 6.54 Å². The van der Waals surface area contributed by atoms with Gasteiger partial charge in [0.15, 0.2) is 0 Å². The van der Waals surface area contributed by atoms with Crippen LogP contribution in [0.4, 0.5) is 5.69 Å². The maximum absolute atomic E-state index is 3.61. The molecule has 1 rings (SSSR count). The molecule has 0 heterocycles. The maximum Gasteiger partial charge on any atom is 0.0376 e. The Bertz CT molecular complexity index is 387. The minimum absolute atomic E-state index is 0.559. The predicted molar refractivity (Wildman–Crippen MR) is 99.3 cm³/mol. The Labute approximate surface area is 140 Å². The van der Waals surface area contributed by atoms with Crippen LogP contribution in [0.3, 0.4) is 0 Å². The first-order chi connectivity index (χ1) is 10.1. The average Bonchev–Trinajstić information content (AvgIpc) is 2.46. The third kappa shape index (κ3) is 7.90. The van der Waals surface area contributed by atoms with Crippen molar-refractivity contribution in [3.8, 4) is 0 Å². The molecule has 120 valence electrons. The molecule has 0 fully saturated rings. The van der Waals surface area contributed by atoms with Crippen molar-refractivity contribution >= 4 is 21.6 Å². The summed E-state index contributed by atoms with van der Waals surface area (Å²) in [6.45, 7) is 7.88. The van der Waals surface area contributed by atoms with Crippen LogP contribution in [0.1, 0.15) is 83.6 Å². The Morgan fingerprint density at radius 1 is 0.952 bits per heavy atom. The van der Waals surface area contributed by atoms with Crippen molar-refractivity contribution in [1.29, 1.82) is 0 Å². The van der Waals surface area contributed by atoms with Crippen molar-refractivity contribution in [2.75, 3.05) is 11.9 Å². The van der Waals surface area contributed by atoms with Crippen LogP contribution in [0.2, 0.25) is 0 Å². The fraction of sp³-hybridized carbons (Fsp3) is 0.684. The fourth-order valence-electron chi connectivity index (χ4n) is 2.65. The molecule has 0 aliphatic rings. The number of nitrogens with one attached hydrogen (secondary N) is 1. The van der Waals surface area contributed by atoms with Crippen LogP contribution in [-0.2, 0) is 0 Å². The number of hydrogen-bond acceptors (Lipinski definition) is 1. The summed E-state index contributed by atoms with van der Waals surface area (Å²) in [6, 6.07) is 6.56. The molecule has 1 N–H and O–H groups in total. The van der Waals surface area contributed by atoms with Gasteiger partial charge in [0.1, 0.15) is 0 Å². The van der Waals surface area contributed by atoms with E-state index in [1.807, 2.05) is 0 Å². The number of anilines is 1. The van der Waals surface area contributed by atoms with E-state index in [0.29, 0.717) is 5.92 Å². The topological polar surface area (TPSA) is 12.0 Å². The summed E-state index contributed by atoms with van der Waals surface area (Å²) in [4.78, 5) is 0. The number of hydrogen-bond donors (Lipinski definition) is 1. The summed E-state index contributed by atoms with van der Waals surface area (Å²) in [6.07, 6.45) is 11.0. The molecule has 0 saturated carbocycles. The quantitative estimate of drug-likeness (QED) is 0.417. The van der Waals surface area contributed by atoms with E-state index in [2.05, 4.69) is 60.2 Å². The van der Waals surface area contributed by atoms with Crippen LogP contribution in [0.15, 0.2) is 22.7 Å².